The highest BCUT2D eigenvalue weighted by molar-refractivity contribution is 5.95. The number of amides is 1. The lowest BCUT2D eigenvalue weighted by Crippen LogP contribution is -2.26. The molecule has 0 atom stereocenters. The first-order valence-corrected chi connectivity index (χ1v) is 8.84. The Morgan fingerprint density at radius 2 is 1.88 bits per heavy atom. The molecule has 0 unspecified atom stereocenters. The summed E-state index contributed by atoms with van der Waals surface area (Å²) in [6, 6.07) is 17.8. The molecule has 0 fully saturated rings. The molecular weight excluding hydrogens is 322 g/mol. The highest BCUT2D eigenvalue weighted by Crippen LogP contribution is 2.24. The van der Waals surface area contributed by atoms with Crippen LogP contribution in [-0.2, 0) is 6.42 Å². The molecule has 0 saturated carbocycles. The van der Waals surface area contributed by atoms with Crippen LogP contribution in [0.2, 0.25) is 0 Å². The third-order valence-electron chi connectivity index (χ3n) is 4.85. The monoisotopic (exact) mass is 343 g/mol. The van der Waals surface area contributed by atoms with Gasteiger partial charge in [0.05, 0.1) is 5.52 Å². The molecular formula is C22H21N3O. The first-order chi connectivity index (χ1) is 12.6. The number of pyridine rings is 1. The number of benzene rings is 2. The van der Waals surface area contributed by atoms with Gasteiger partial charge in [0.25, 0.3) is 5.91 Å². The first-order valence-electron chi connectivity index (χ1n) is 8.84. The largest absolute Gasteiger partial charge is 0.358 e. The van der Waals surface area contributed by atoms with Crippen molar-refractivity contribution >= 4 is 27.7 Å². The van der Waals surface area contributed by atoms with Gasteiger partial charge in [-0.05, 0) is 43.5 Å². The number of aryl methyl sites for hydroxylation is 2. The molecule has 4 nitrogen and oxygen atoms in total. The van der Waals surface area contributed by atoms with E-state index < -0.39 is 0 Å². The molecule has 2 aromatic carbocycles. The van der Waals surface area contributed by atoms with Crippen LogP contribution in [0.5, 0.6) is 0 Å². The Labute approximate surface area is 152 Å². The number of nitrogens with one attached hydrogen (secondary N) is 2. The second-order valence-electron chi connectivity index (χ2n) is 6.62. The van der Waals surface area contributed by atoms with Crippen molar-refractivity contribution in [3.8, 4) is 0 Å². The maximum absolute atomic E-state index is 12.4. The SMILES string of the molecule is Cc1[nH]c2c(C)cccc2c1CCNC(=O)c1ccc2ccccc2n1. The van der Waals surface area contributed by atoms with Gasteiger partial charge in [-0.2, -0.15) is 0 Å². The summed E-state index contributed by atoms with van der Waals surface area (Å²) in [7, 11) is 0. The Kier molecular flexibility index (Phi) is 4.17. The molecule has 0 radical (unpaired) electrons. The lowest BCUT2D eigenvalue weighted by molar-refractivity contribution is 0.0949. The molecule has 4 rings (SSSR count). The number of aromatic amines is 1. The maximum atomic E-state index is 12.4. The summed E-state index contributed by atoms with van der Waals surface area (Å²) in [4.78, 5) is 20.3. The van der Waals surface area contributed by atoms with Gasteiger partial charge in [-0.3, -0.25) is 4.79 Å². The van der Waals surface area contributed by atoms with Crippen molar-refractivity contribution in [1.82, 2.24) is 15.3 Å². The molecule has 0 aliphatic rings. The van der Waals surface area contributed by atoms with Crippen LogP contribution in [0.3, 0.4) is 0 Å². The fourth-order valence-corrected chi connectivity index (χ4v) is 3.46. The highest BCUT2D eigenvalue weighted by Gasteiger charge is 2.11. The average molecular weight is 343 g/mol. The third kappa shape index (κ3) is 2.94. The molecule has 0 aliphatic heterocycles. The van der Waals surface area contributed by atoms with E-state index in [0.29, 0.717) is 12.2 Å². The molecule has 2 aromatic heterocycles. The number of hydrogen-bond acceptors (Lipinski definition) is 2. The summed E-state index contributed by atoms with van der Waals surface area (Å²) in [6.45, 7) is 4.77. The Morgan fingerprint density at radius 3 is 2.77 bits per heavy atom. The highest BCUT2D eigenvalue weighted by atomic mass is 16.1. The number of carbonyl (C=O) groups excluding carboxylic acids is 1. The zero-order valence-electron chi connectivity index (χ0n) is 15.0. The summed E-state index contributed by atoms with van der Waals surface area (Å²) < 4.78 is 0. The van der Waals surface area contributed by atoms with Gasteiger partial charge in [0, 0.05) is 28.5 Å². The Hall–Kier alpha value is -3.14. The van der Waals surface area contributed by atoms with Crippen molar-refractivity contribution < 1.29 is 4.79 Å². The number of fused-ring (bicyclic) bond motifs is 2. The second-order valence-corrected chi connectivity index (χ2v) is 6.62. The average Bonchev–Trinajstić information content (AvgIpc) is 2.98. The second kappa shape index (κ2) is 6.64. The van der Waals surface area contributed by atoms with Crippen molar-refractivity contribution in [2.45, 2.75) is 20.3 Å². The molecule has 2 N–H and O–H groups in total. The minimum absolute atomic E-state index is 0.135. The Bertz CT molecular complexity index is 1110. The van der Waals surface area contributed by atoms with E-state index in [9.17, 15) is 4.79 Å². The molecule has 2 heterocycles. The zero-order chi connectivity index (χ0) is 18.1. The molecule has 26 heavy (non-hydrogen) atoms. The smallest absolute Gasteiger partial charge is 0.269 e. The van der Waals surface area contributed by atoms with Crippen LogP contribution in [0.25, 0.3) is 21.8 Å². The van der Waals surface area contributed by atoms with E-state index in [-0.39, 0.29) is 5.91 Å². The minimum Gasteiger partial charge on any atom is -0.358 e. The minimum atomic E-state index is -0.135. The van der Waals surface area contributed by atoms with Crippen molar-refractivity contribution in [3.63, 3.8) is 0 Å². The molecule has 4 heteroatoms. The number of aromatic nitrogens is 2. The molecule has 130 valence electrons. The van der Waals surface area contributed by atoms with Crippen molar-refractivity contribution in [1.29, 1.82) is 0 Å². The number of nitrogens with zero attached hydrogens (tertiary/aromatic N) is 1. The van der Waals surface area contributed by atoms with Crippen molar-refractivity contribution in [2.24, 2.45) is 0 Å². The normalized spacial score (nSPS) is 11.2. The van der Waals surface area contributed by atoms with Crippen LogP contribution in [0.15, 0.2) is 54.6 Å². The fourth-order valence-electron chi connectivity index (χ4n) is 3.46. The van der Waals surface area contributed by atoms with Gasteiger partial charge in [-0.1, -0.05) is 42.5 Å². The van der Waals surface area contributed by atoms with Gasteiger partial charge in [0.2, 0.25) is 0 Å². The van der Waals surface area contributed by atoms with Gasteiger partial charge in [0.15, 0.2) is 0 Å². The van der Waals surface area contributed by atoms with Gasteiger partial charge in [-0.15, -0.1) is 0 Å². The summed E-state index contributed by atoms with van der Waals surface area (Å²) in [6.07, 6.45) is 0.786. The maximum Gasteiger partial charge on any atom is 0.269 e. The van der Waals surface area contributed by atoms with Crippen LogP contribution in [0.1, 0.15) is 27.3 Å². The molecule has 4 aromatic rings. The van der Waals surface area contributed by atoms with E-state index in [2.05, 4.69) is 47.3 Å². The van der Waals surface area contributed by atoms with E-state index >= 15 is 0 Å². The van der Waals surface area contributed by atoms with Gasteiger partial charge >= 0.3 is 0 Å². The Balaban J connectivity index is 1.48. The summed E-state index contributed by atoms with van der Waals surface area (Å²) in [5, 5.41) is 5.27. The van der Waals surface area contributed by atoms with Crippen LogP contribution < -0.4 is 5.32 Å². The number of hydrogen-bond donors (Lipinski definition) is 2. The summed E-state index contributed by atoms with van der Waals surface area (Å²) in [5.74, 6) is -0.135. The topological polar surface area (TPSA) is 57.8 Å². The molecule has 1 amide bonds. The van der Waals surface area contributed by atoms with Gasteiger partial charge in [0.1, 0.15) is 5.69 Å². The quantitative estimate of drug-likeness (QED) is 0.580. The zero-order valence-corrected chi connectivity index (χ0v) is 15.0. The fraction of sp³-hybridized carbons (Fsp3) is 0.182. The number of carbonyl (C=O) groups is 1. The van der Waals surface area contributed by atoms with E-state index in [1.54, 1.807) is 6.07 Å². The predicted molar refractivity (Wildman–Crippen MR) is 106 cm³/mol. The first kappa shape index (κ1) is 16.3. The van der Waals surface area contributed by atoms with E-state index in [1.807, 2.05) is 30.3 Å². The van der Waals surface area contributed by atoms with Crippen LogP contribution in [0.4, 0.5) is 0 Å². The summed E-state index contributed by atoms with van der Waals surface area (Å²) >= 11 is 0. The lowest BCUT2D eigenvalue weighted by atomic mass is 10.1. The molecule has 0 aliphatic carbocycles. The number of H-pyrrole nitrogens is 1. The van der Waals surface area contributed by atoms with Crippen LogP contribution >= 0.6 is 0 Å². The summed E-state index contributed by atoms with van der Waals surface area (Å²) in [5.41, 5.74) is 6.13. The van der Waals surface area contributed by atoms with E-state index in [0.717, 1.165) is 23.0 Å². The third-order valence-corrected chi connectivity index (χ3v) is 4.85. The lowest BCUT2D eigenvalue weighted by Gasteiger charge is -2.06. The predicted octanol–water partition coefficient (Wildman–Crippen LogP) is 4.31. The number of para-hydroxylation sites is 2. The van der Waals surface area contributed by atoms with Gasteiger partial charge < -0.3 is 10.3 Å². The molecule has 0 saturated heterocycles. The van der Waals surface area contributed by atoms with Crippen LogP contribution in [0, 0.1) is 13.8 Å². The van der Waals surface area contributed by atoms with Crippen LogP contribution in [-0.4, -0.2) is 22.4 Å². The van der Waals surface area contributed by atoms with E-state index in [4.69, 9.17) is 0 Å². The van der Waals surface area contributed by atoms with Gasteiger partial charge in [-0.25, -0.2) is 4.98 Å². The Morgan fingerprint density at radius 1 is 1.04 bits per heavy atom. The standard InChI is InChI=1S/C22H21N3O/c1-14-6-5-8-18-17(15(2)24-21(14)18)12-13-23-22(26)20-11-10-16-7-3-4-9-19(16)25-20/h3-11,24H,12-13H2,1-2H3,(H,23,26). The van der Waals surface area contributed by atoms with Crippen molar-refractivity contribution in [3.05, 3.63) is 77.1 Å². The molecule has 0 bridgehead atoms. The number of rotatable bonds is 4. The van der Waals surface area contributed by atoms with E-state index in [1.165, 1.54) is 22.0 Å². The molecule has 0 spiro atoms. The van der Waals surface area contributed by atoms with Crippen molar-refractivity contribution in [2.75, 3.05) is 6.54 Å².